The quantitative estimate of drug-likeness (QED) is 0.526. The van der Waals surface area contributed by atoms with Gasteiger partial charge in [-0.2, -0.15) is 0 Å². The molecule has 0 unspecified atom stereocenters. The molecule has 1 amide bonds. The van der Waals surface area contributed by atoms with Gasteiger partial charge in [0.2, 0.25) is 5.91 Å². The topological polar surface area (TPSA) is 54.9 Å². The van der Waals surface area contributed by atoms with E-state index in [1.807, 2.05) is 30.3 Å². The SMILES string of the molecule is CCc1ccc2nc(-c3ccccc3)nc(SCC(=O)NC3CC3)c2c1. The summed E-state index contributed by atoms with van der Waals surface area (Å²) in [7, 11) is 0. The second-order valence-corrected chi connectivity index (χ2v) is 7.52. The molecule has 132 valence electrons. The maximum atomic E-state index is 12.1. The highest BCUT2D eigenvalue weighted by molar-refractivity contribution is 8.00. The second-order valence-electron chi connectivity index (χ2n) is 6.55. The zero-order valence-electron chi connectivity index (χ0n) is 14.7. The van der Waals surface area contributed by atoms with Crippen molar-refractivity contribution in [3.05, 3.63) is 54.1 Å². The van der Waals surface area contributed by atoms with Crippen LogP contribution in [0, 0.1) is 0 Å². The van der Waals surface area contributed by atoms with Gasteiger partial charge in [0.15, 0.2) is 5.82 Å². The van der Waals surface area contributed by atoms with Crippen molar-refractivity contribution in [2.24, 2.45) is 0 Å². The van der Waals surface area contributed by atoms with Gasteiger partial charge in [0.25, 0.3) is 0 Å². The molecule has 1 fully saturated rings. The molecule has 0 aliphatic heterocycles. The Morgan fingerprint density at radius 2 is 1.96 bits per heavy atom. The van der Waals surface area contributed by atoms with Crippen LogP contribution in [0.2, 0.25) is 0 Å². The molecule has 3 aromatic rings. The first-order valence-electron chi connectivity index (χ1n) is 9.01. The molecule has 1 aliphatic carbocycles. The van der Waals surface area contributed by atoms with Gasteiger partial charge < -0.3 is 5.32 Å². The first kappa shape index (κ1) is 17.0. The number of amides is 1. The van der Waals surface area contributed by atoms with Crippen LogP contribution in [0.3, 0.4) is 0 Å². The number of thioether (sulfide) groups is 1. The van der Waals surface area contributed by atoms with E-state index < -0.39 is 0 Å². The summed E-state index contributed by atoms with van der Waals surface area (Å²) in [5, 5.41) is 4.93. The zero-order valence-corrected chi connectivity index (χ0v) is 15.6. The average molecular weight is 363 g/mol. The Bertz CT molecular complexity index is 939. The third kappa shape index (κ3) is 3.88. The zero-order chi connectivity index (χ0) is 17.9. The lowest BCUT2D eigenvalue weighted by molar-refractivity contribution is -0.118. The molecule has 1 aromatic heterocycles. The fourth-order valence-electron chi connectivity index (χ4n) is 2.82. The molecule has 1 aliphatic rings. The van der Waals surface area contributed by atoms with E-state index in [0.717, 1.165) is 40.8 Å². The highest BCUT2D eigenvalue weighted by atomic mass is 32.2. The summed E-state index contributed by atoms with van der Waals surface area (Å²) in [4.78, 5) is 21.6. The van der Waals surface area contributed by atoms with Crippen molar-refractivity contribution >= 4 is 28.6 Å². The molecule has 26 heavy (non-hydrogen) atoms. The van der Waals surface area contributed by atoms with E-state index in [1.165, 1.54) is 17.3 Å². The summed E-state index contributed by atoms with van der Waals surface area (Å²) in [6.45, 7) is 2.14. The van der Waals surface area contributed by atoms with E-state index in [9.17, 15) is 4.79 Å². The number of carbonyl (C=O) groups excluding carboxylic acids is 1. The van der Waals surface area contributed by atoms with Crippen LogP contribution >= 0.6 is 11.8 Å². The third-order valence-electron chi connectivity index (χ3n) is 4.45. The van der Waals surface area contributed by atoms with Crippen LogP contribution in [-0.2, 0) is 11.2 Å². The average Bonchev–Trinajstić information content (AvgIpc) is 3.50. The number of hydrogen-bond acceptors (Lipinski definition) is 4. The van der Waals surface area contributed by atoms with Crippen LogP contribution < -0.4 is 5.32 Å². The number of benzene rings is 2. The maximum absolute atomic E-state index is 12.1. The lowest BCUT2D eigenvalue weighted by Crippen LogP contribution is -2.27. The molecule has 4 rings (SSSR count). The van der Waals surface area contributed by atoms with E-state index in [0.29, 0.717) is 17.6 Å². The standard InChI is InChI=1S/C21H21N3OS/c1-2-14-8-11-18-17(12-14)21(26-13-19(25)22-16-9-10-16)24-20(23-18)15-6-4-3-5-7-15/h3-8,11-12,16H,2,9-10,13H2,1H3,(H,22,25). The fraction of sp³-hybridized carbons (Fsp3) is 0.286. The Kier molecular flexibility index (Phi) is 4.89. The van der Waals surface area contributed by atoms with Crippen molar-refractivity contribution < 1.29 is 4.79 Å². The maximum Gasteiger partial charge on any atom is 0.230 e. The number of nitrogens with one attached hydrogen (secondary N) is 1. The van der Waals surface area contributed by atoms with Crippen LogP contribution in [0.5, 0.6) is 0 Å². The molecule has 1 N–H and O–H groups in total. The minimum absolute atomic E-state index is 0.0807. The van der Waals surface area contributed by atoms with Crippen LogP contribution in [-0.4, -0.2) is 27.7 Å². The van der Waals surface area contributed by atoms with Gasteiger partial charge in [-0.3, -0.25) is 4.79 Å². The van der Waals surface area contributed by atoms with Crippen LogP contribution in [0.4, 0.5) is 0 Å². The highest BCUT2D eigenvalue weighted by Crippen LogP contribution is 2.29. The number of aryl methyl sites for hydroxylation is 1. The first-order chi connectivity index (χ1) is 12.7. The van der Waals surface area contributed by atoms with E-state index in [4.69, 9.17) is 9.97 Å². The summed E-state index contributed by atoms with van der Waals surface area (Å²) in [5.74, 6) is 1.16. The van der Waals surface area contributed by atoms with E-state index in [-0.39, 0.29) is 5.91 Å². The predicted octanol–water partition coefficient (Wildman–Crippen LogP) is 4.23. The van der Waals surface area contributed by atoms with Crippen molar-refractivity contribution in [3.63, 3.8) is 0 Å². The van der Waals surface area contributed by atoms with Gasteiger partial charge in [0.05, 0.1) is 11.3 Å². The van der Waals surface area contributed by atoms with Crippen molar-refractivity contribution in [3.8, 4) is 11.4 Å². The molecular formula is C21H21N3OS. The van der Waals surface area contributed by atoms with Crippen molar-refractivity contribution in [2.75, 3.05) is 5.75 Å². The Hall–Kier alpha value is -2.40. The molecule has 0 radical (unpaired) electrons. The number of carbonyl (C=O) groups is 1. The highest BCUT2D eigenvalue weighted by Gasteiger charge is 2.23. The minimum Gasteiger partial charge on any atom is -0.353 e. The van der Waals surface area contributed by atoms with Gasteiger partial charge in [-0.25, -0.2) is 9.97 Å². The Balaban J connectivity index is 1.69. The summed E-state index contributed by atoms with van der Waals surface area (Å²) in [6, 6.07) is 16.7. The molecule has 0 atom stereocenters. The third-order valence-corrected chi connectivity index (χ3v) is 5.44. The molecule has 1 saturated carbocycles. The minimum atomic E-state index is 0.0807. The first-order valence-corrected chi connectivity index (χ1v) is 10.00. The van der Waals surface area contributed by atoms with E-state index in [2.05, 4.69) is 30.4 Å². The second kappa shape index (κ2) is 7.46. The van der Waals surface area contributed by atoms with Crippen molar-refractivity contribution in [1.82, 2.24) is 15.3 Å². The molecule has 0 saturated heterocycles. The predicted molar refractivity (Wildman–Crippen MR) is 106 cm³/mol. The van der Waals surface area contributed by atoms with Gasteiger partial charge in [-0.15, -0.1) is 0 Å². The largest absolute Gasteiger partial charge is 0.353 e. The number of fused-ring (bicyclic) bond motifs is 1. The number of aromatic nitrogens is 2. The summed E-state index contributed by atoms with van der Waals surface area (Å²) in [6.07, 6.45) is 3.17. The normalized spacial score (nSPS) is 13.7. The Labute approximate surface area is 157 Å². The Morgan fingerprint density at radius 3 is 2.69 bits per heavy atom. The smallest absolute Gasteiger partial charge is 0.230 e. The van der Waals surface area contributed by atoms with Crippen molar-refractivity contribution in [2.45, 2.75) is 37.3 Å². The molecule has 5 heteroatoms. The van der Waals surface area contributed by atoms with E-state index in [1.54, 1.807) is 0 Å². The van der Waals surface area contributed by atoms with Gasteiger partial charge in [-0.1, -0.05) is 55.1 Å². The molecular weight excluding hydrogens is 342 g/mol. The monoisotopic (exact) mass is 363 g/mol. The van der Waals surface area contributed by atoms with Gasteiger partial charge in [0.1, 0.15) is 5.03 Å². The fourth-order valence-corrected chi connectivity index (χ4v) is 3.65. The molecule has 0 bridgehead atoms. The molecule has 4 nitrogen and oxygen atoms in total. The number of hydrogen-bond donors (Lipinski definition) is 1. The lowest BCUT2D eigenvalue weighted by Gasteiger charge is -2.10. The summed E-state index contributed by atoms with van der Waals surface area (Å²) < 4.78 is 0. The van der Waals surface area contributed by atoms with Crippen LogP contribution in [0.15, 0.2) is 53.6 Å². The van der Waals surface area contributed by atoms with Crippen molar-refractivity contribution in [1.29, 1.82) is 0 Å². The van der Waals surface area contributed by atoms with E-state index >= 15 is 0 Å². The van der Waals surface area contributed by atoms with Gasteiger partial charge >= 0.3 is 0 Å². The molecule has 2 aromatic carbocycles. The number of nitrogens with zero attached hydrogens (tertiary/aromatic N) is 2. The summed E-state index contributed by atoms with van der Waals surface area (Å²) >= 11 is 1.49. The molecule has 1 heterocycles. The van der Waals surface area contributed by atoms with Gasteiger partial charge in [0, 0.05) is 17.0 Å². The number of rotatable bonds is 6. The summed E-state index contributed by atoms with van der Waals surface area (Å²) in [5.41, 5.74) is 3.15. The van der Waals surface area contributed by atoms with Crippen LogP contribution in [0.1, 0.15) is 25.3 Å². The Morgan fingerprint density at radius 1 is 1.15 bits per heavy atom. The van der Waals surface area contributed by atoms with Gasteiger partial charge in [-0.05, 0) is 37.0 Å². The molecule has 0 spiro atoms. The van der Waals surface area contributed by atoms with Crippen LogP contribution in [0.25, 0.3) is 22.3 Å². The lowest BCUT2D eigenvalue weighted by atomic mass is 10.1.